The Kier molecular flexibility index (Phi) is 8.19. The van der Waals surface area contributed by atoms with E-state index in [9.17, 15) is 14.4 Å². The van der Waals surface area contributed by atoms with E-state index >= 15 is 0 Å². The van der Waals surface area contributed by atoms with Crippen LogP contribution in [0.1, 0.15) is 34.5 Å². The molecule has 0 radical (unpaired) electrons. The second-order valence-electron chi connectivity index (χ2n) is 7.93. The smallest absolute Gasteiger partial charge is 0.222 e. The largest absolute Gasteiger partial charge is 0.356 e. The van der Waals surface area contributed by atoms with Gasteiger partial charge < -0.3 is 10.6 Å². The summed E-state index contributed by atoms with van der Waals surface area (Å²) in [6, 6.07) is 23.2. The van der Waals surface area contributed by atoms with Crippen molar-refractivity contribution in [1.29, 1.82) is 0 Å². The minimum absolute atomic E-state index is 0.0434. The van der Waals surface area contributed by atoms with Gasteiger partial charge in [0, 0.05) is 49.7 Å². The molecule has 0 spiro atoms. The van der Waals surface area contributed by atoms with E-state index in [4.69, 9.17) is 5.10 Å². The minimum atomic E-state index is -0.238. The predicted octanol–water partition coefficient (Wildman–Crippen LogP) is 4.39. The maximum atomic E-state index is 12.4. The molecule has 0 fully saturated rings. The van der Waals surface area contributed by atoms with Gasteiger partial charge in [0.25, 0.3) is 0 Å². The monoisotopic (exact) mass is 486 g/mol. The number of rotatable bonds is 11. The number of para-hydroxylation sites is 1. The van der Waals surface area contributed by atoms with E-state index in [1.165, 1.54) is 11.3 Å². The first-order valence-corrected chi connectivity index (χ1v) is 12.3. The van der Waals surface area contributed by atoms with Crippen LogP contribution >= 0.6 is 11.3 Å². The molecule has 2 heterocycles. The highest BCUT2D eigenvalue weighted by Crippen LogP contribution is 2.23. The fourth-order valence-corrected chi connectivity index (χ4v) is 4.26. The predicted molar refractivity (Wildman–Crippen MR) is 136 cm³/mol. The molecule has 0 saturated heterocycles. The second kappa shape index (κ2) is 11.9. The molecular formula is C27H26N4O3S. The molecule has 7 nitrogen and oxygen atoms in total. The molecule has 8 heteroatoms. The van der Waals surface area contributed by atoms with Crippen molar-refractivity contribution in [3.8, 4) is 16.9 Å². The molecule has 0 atom stereocenters. The summed E-state index contributed by atoms with van der Waals surface area (Å²) in [6.45, 7) is 0.534. The molecule has 0 aliphatic heterocycles. The highest BCUT2D eigenvalue weighted by Gasteiger charge is 2.14. The van der Waals surface area contributed by atoms with E-state index in [1.807, 2.05) is 83.0 Å². The van der Waals surface area contributed by atoms with E-state index in [-0.39, 0.29) is 43.4 Å². The number of nitrogens with zero attached hydrogens (tertiary/aromatic N) is 2. The van der Waals surface area contributed by atoms with Gasteiger partial charge in [-0.1, -0.05) is 54.6 Å². The van der Waals surface area contributed by atoms with Crippen molar-refractivity contribution in [3.63, 3.8) is 0 Å². The fourth-order valence-electron chi connectivity index (χ4n) is 3.56. The molecule has 0 aliphatic carbocycles. The van der Waals surface area contributed by atoms with E-state index in [2.05, 4.69) is 10.6 Å². The molecule has 2 aromatic heterocycles. The summed E-state index contributed by atoms with van der Waals surface area (Å²) in [7, 11) is 0. The lowest BCUT2D eigenvalue weighted by Crippen LogP contribution is -2.30. The normalized spacial score (nSPS) is 10.6. The molecule has 178 valence electrons. The van der Waals surface area contributed by atoms with Crippen LogP contribution in [0.15, 0.2) is 84.4 Å². The van der Waals surface area contributed by atoms with Crippen LogP contribution in [0.5, 0.6) is 0 Å². The number of hydrogen-bond acceptors (Lipinski definition) is 5. The number of thiophene rings is 1. The SMILES string of the molecule is O=C(CCC(=O)c1cccs1)NCCC(=O)NCc1cn(-c2ccccc2)nc1-c1ccccc1. The van der Waals surface area contributed by atoms with Gasteiger partial charge in [0.1, 0.15) is 0 Å². The van der Waals surface area contributed by atoms with Gasteiger partial charge in [-0.2, -0.15) is 5.10 Å². The Morgan fingerprint density at radius 2 is 1.51 bits per heavy atom. The summed E-state index contributed by atoms with van der Waals surface area (Å²) < 4.78 is 1.81. The van der Waals surface area contributed by atoms with Crippen LogP contribution in [-0.2, 0) is 16.1 Å². The van der Waals surface area contributed by atoms with Crippen LogP contribution in [0.4, 0.5) is 0 Å². The Hall–Kier alpha value is -4.04. The molecule has 2 N–H and O–H groups in total. The van der Waals surface area contributed by atoms with Crippen LogP contribution < -0.4 is 10.6 Å². The summed E-state index contributed by atoms with van der Waals surface area (Å²) in [6.07, 6.45) is 2.34. The average molecular weight is 487 g/mol. The zero-order valence-electron chi connectivity index (χ0n) is 19.1. The van der Waals surface area contributed by atoms with Crippen molar-refractivity contribution < 1.29 is 14.4 Å². The summed E-state index contributed by atoms with van der Waals surface area (Å²) >= 11 is 1.37. The summed E-state index contributed by atoms with van der Waals surface area (Å²) in [4.78, 5) is 37.1. The number of ketones is 1. The molecular weight excluding hydrogens is 460 g/mol. The van der Waals surface area contributed by atoms with E-state index in [1.54, 1.807) is 6.07 Å². The van der Waals surface area contributed by atoms with Crippen LogP contribution in [-0.4, -0.2) is 33.9 Å². The van der Waals surface area contributed by atoms with Gasteiger partial charge in [-0.05, 0) is 23.6 Å². The number of Topliss-reactive ketones (excluding diaryl/α,β-unsaturated/α-hetero) is 1. The van der Waals surface area contributed by atoms with Crippen molar-refractivity contribution in [2.24, 2.45) is 0 Å². The third-order valence-corrected chi connectivity index (χ3v) is 6.29. The Labute approximate surface area is 207 Å². The lowest BCUT2D eigenvalue weighted by molar-refractivity contribution is -0.122. The van der Waals surface area contributed by atoms with Crippen LogP contribution in [0.25, 0.3) is 16.9 Å². The topological polar surface area (TPSA) is 93.1 Å². The lowest BCUT2D eigenvalue weighted by Gasteiger charge is -2.07. The number of aromatic nitrogens is 2. The van der Waals surface area contributed by atoms with Crippen molar-refractivity contribution >= 4 is 28.9 Å². The van der Waals surface area contributed by atoms with Gasteiger partial charge >= 0.3 is 0 Å². The highest BCUT2D eigenvalue weighted by molar-refractivity contribution is 7.12. The zero-order chi connectivity index (χ0) is 24.5. The Morgan fingerprint density at radius 1 is 0.800 bits per heavy atom. The second-order valence-corrected chi connectivity index (χ2v) is 8.87. The Morgan fingerprint density at radius 3 is 2.23 bits per heavy atom. The Bertz CT molecular complexity index is 1270. The maximum Gasteiger partial charge on any atom is 0.222 e. The first-order chi connectivity index (χ1) is 17.1. The molecule has 2 aromatic carbocycles. The van der Waals surface area contributed by atoms with Gasteiger partial charge in [0.05, 0.1) is 16.3 Å². The number of carbonyl (C=O) groups excluding carboxylic acids is 3. The standard InChI is InChI=1S/C27H26N4O3S/c32-23(24-12-7-17-35-24)13-14-25(33)28-16-15-26(34)29-18-21-19-31(22-10-5-2-6-11-22)30-27(21)20-8-3-1-4-9-20/h1-12,17,19H,13-16,18H2,(H,28,33)(H,29,34). The maximum absolute atomic E-state index is 12.4. The molecule has 4 aromatic rings. The minimum Gasteiger partial charge on any atom is -0.356 e. The summed E-state index contributed by atoms with van der Waals surface area (Å²) in [5.74, 6) is -0.456. The number of nitrogens with one attached hydrogen (secondary N) is 2. The van der Waals surface area contributed by atoms with Gasteiger partial charge in [-0.25, -0.2) is 4.68 Å². The third-order valence-electron chi connectivity index (χ3n) is 5.38. The van der Waals surface area contributed by atoms with Crippen LogP contribution in [0, 0.1) is 0 Å². The fraction of sp³-hybridized carbons (Fsp3) is 0.185. The van der Waals surface area contributed by atoms with Crippen LogP contribution in [0.3, 0.4) is 0 Å². The summed E-state index contributed by atoms with van der Waals surface area (Å²) in [5, 5.41) is 12.2. The van der Waals surface area contributed by atoms with E-state index in [0.29, 0.717) is 11.4 Å². The molecule has 35 heavy (non-hydrogen) atoms. The molecule has 0 saturated carbocycles. The Balaban J connectivity index is 1.28. The van der Waals surface area contributed by atoms with E-state index < -0.39 is 0 Å². The molecule has 4 rings (SSSR count). The van der Waals surface area contributed by atoms with Crippen molar-refractivity contribution in [3.05, 3.63) is 94.8 Å². The molecule has 2 amide bonds. The van der Waals surface area contributed by atoms with Crippen molar-refractivity contribution in [1.82, 2.24) is 20.4 Å². The van der Waals surface area contributed by atoms with E-state index in [0.717, 1.165) is 22.5 Å². The van der Waals surface area contributed by atoms with Gasteiger partial charge in [-0.3, -0.25) is 14.4 Å². The number of amides is 2. The molecule has 0 unspecified atom stereocenters. The lowest BCUT2D eigenvalue weighted by atomic mass is 10.1. The quantitative estimate of drug-likeness (QED) is 0.308. The zero-order valence-corrected chi connectivity index (χ0v) is 20.0. The molecule has 0 aliphatic rings. The van der Waals surface area contributed by atoms with Gasteiger partial charge in [-0.15, -0.1) is 11.3 Å². The summed E-state index contributed by atoms with van der Waals surface area (Å²) in [5.41, 5.74) is 3.60. The third kappa shape index (κ3) is 6.74. The van der Waals surface area contributed by atoms with Gasteiger partial charge in [0.15, 0.2) is 5.78 Å². The van der Waals surface area contributed by atoms with Crippen molar-refractivity contribution in [2.75, 3.05) is 6.54 Å². The number of hydrogen-bond donors (Lipinski definition) is 2. The number of carbonyl (C=O) groups is 3. The van der Waals surface area contributed by atoms with Gasteiger partial charge in [0.2, 0.25) is 11.8 Å². The molecule has 0 bridgehead atoms. The first-order valence-electron chi connectivity index (χ1n) is 11.4. The average Bonchev–Trinajstić information content (AvgIpc) is 3.58. The first kappa shape index (κ1) is 24.1. The van der Waals surface area contributed by atoms with Crippen molar-refractivity contribution in [2.45, 2.75) is 25.8 Å². The van der Waals surface area contributed by atoms with Crippen LogP contribution in [0.2, 0.25) is 0 Å². The number of benzene rings is 2. The highest BCUT2D eigenvalue weighted by atomic mass is 32.1.